The Morgan fingerprint density at radius 1 is 1.06 bits per heavy atom. The van der Waals surface area contributed by atoms with E-state index >= 15 is 0 Å². The smallest absolute Gasteiger partial charge is 0.410 e. The topological polar surface area (TPSA) is 172 Å². The van der Waals surface area contributed by atoms with Crippen LogP contribution in [-0.2, 0) is 42.2 Å². The van der Waals surface area contributed by atoms with Crippen LogP contribution in [0.15, 0.2) is 60.9 Å². The average molecular weight is 764 g/mol. The van der Waals surface area contributed by atoms with Crippen molar-refractivity contribution in [3.8, 4) is 5.69 Å². The molecule has 0 unspecified atom stereocenters. The number of benzene rings is 2. The number of hydrogen-bond acceptors (Lipinski definition) is 9. The molecule has 5 atom stereocenters. The lowest BCUT2D eigenvalue weighted by Gasteiger charge is -2.36. The molecular formula is C38H46FN7O7S. The van der Waals surface area contributed by atoms with Gasteiger partial charge in [0.05, 0.1) is 17.5 Å². The molecule has 2 saturated carbocycles. The van der Waals surface area contributed by atoms with Crippen molar-refractivity contribution in [3.05, 3.63) is 77.9 Å². The van der Waals surface area contributed by atoms with Crippen molar-refractivity contribution in [3.63, 3.8) is 0 Å². The zero-order chi connectivity index (χ0) is 38.6. The fourth-order valence-electron chi connectivity index (χ4n) is 7.49. The van der Waals surface area contributed by atoms with Crippen molar-refractivity contribution in [1.29, 1.82) is 0 Å². The summed E-state index contributed by atoms with van der Waals surface area (Å²) in [4.78, 5) is 58.7. The maximum absolute atomic E-state index is 14.7. The highest BCUT2D eigenvalue weighted by Crippen LogP contribution is 2.47. The molecule has 2 aliphatic carbocycles. The number of aromatic nitrogens is 2. The van der Waals surface area contributed by atoms with Crippen molar-refractivity contribution in [2.24, 2.45) is 11.3 Å². The van der Waals surface area contributed by atoms with Crippen molar-refractivity contribution < 1.29 is 36.7 Å². The third kappa shape index (κ3) is 7.52. The Bertz CT molecular complexity index is 2050. The van der Waals surface area contributed by atoms with Crippen LogP contribution in [0.4, 0.5) is 14.9 Å². The SMILES string of the molecule is CC[C@@H]1C[C@]1(NC(=O)[C@@H]1C[C@@H](OC(=O)N2Cc3ccc(F)cc3C2)CN1C(=O)[C@@H](Nc1ccc(-n2cccn2)cc1)C(C)(C)C)C(=O)NS(=O)(=O)C1CC1. The first-order chi connectivity index (χ1) is 25.6. The van der Waals surface area contributed by atoms with Gasteiger partial charge in [-0.1, -0.05) is 40.2 Å². The Hall–Kier alpha value is -4.99. The summed E-state index contributed by atoms with van der Waals surface area (Å²) in [5, 5.41) is 9.82. The fraction of sp³-hybridized carbons (Fsp3) is 0.500. The van der Waals surface area contributed by atoms with E-state index in [0.29, 0.717) is 30.5 Å². The number of carbonyl (C=O) groups is 4. The van der Waals surface area contributed by atoms with Gasteiger partial charge in [0.15, 0.2) is 0 Å². The third-order valence-corrected chi connectivity index (χ3v) is 12.7. The Morgan fingerprint density at radius 2 is 1.78 bits per heavy atom. The molecule has 14 nitrogen and oxygen atoms in total. The van der Waals surface area contributed by atoms with E-state index in [1.807, 2.05) is 64.2 Å². The van der Waals surface area contributed by atoms with Gasteiger partial charge in [-0.15, -0.1) is 0 Å². The van der Waals surface area contributed by atoms with Crippen molar-refractivity contribution in [1.82, 2.24) is 29.6 Å². The number of nitrogens with zero attached hydrogens (tertiary/aromatic N) is 4. The minimum absolute atomic E-state index is 0.0526. The largest absolute Gasteiger partial charge is 0.444 e. The van der Waals surface area contributed by atoms with Gasteiger partial charge in [-0.3, -0.25) is 24.0 Å². The van der Waals surface area contributed by atoms with Gasteiger partial charge in [-0.2, -0.15) is 5.10 Å². The van der Waals surface area contributed by atoms with E-state index in [1.54, 1.807) is 16.9 Å². The molecule has 1 aromatic heterocycles. The minimum atomic E-state index is -3.88. The third-order valence-electron chi connectivity index (χ3n) is 10.9. The molecule has 3 N–H and O–H groups in total. The van der Waals surface area contributed by atoms with Crippen molar-refractivity contribution >= 4 is 39.5 Å². The summed E-state index contributed by atoms with van der Waals surface area (Å²) in [6.07, 6.45) is 3.59. The summed E-state index contributed by atoms with van der Waals surface area (Å²) in [5.41, 5.74) is 0.838. The number of amides is 4. The normalized spacial score (nSPS) is 24.1. The highest BCUT2D eigenvalue weighted by molar-refractivity contribution is 7.91. The predicted molar refractivity (Wildman–Crippen MR) is 196 cm³/mol. The van der Waals surface area contributed by atoms with E-state index in [1.165, 1.54) is 21.9 Å². The zero-order valence-corrected chi connectivity index (χ0v) is 31.6. The number of fused-ring (bicyclic) bond motifs is 1. The molecule has 0 spiro atoms. The summed E-state index contributed by atoms with van der Waals surface area (Å²) >= 11 is 0. The van der Waals surface area contributed by atoms with E-state index in [-0.39, 0.29) is 38.4 Å². The summed E-state index contributed by atoms with van der Waals surface area (Å²) in [7, 11) is -3.88. The van der Waals surface area contributed by atoms with E-state index < -0.39 is 74.0 Å². The lowest BCUT2D eigenvalue weighted by Crippen LogP contribution is -2.58. The van der Waals surface area contributed by atoms with Crippen LogP contribution < -0.4 is 15.4 Å². The van der Waals surface area contributed by atoms with Gasteiger partial charge >= 0.3 is 6.09 Å². The number of hydrogen-bond donors (Lipinski definition) is 3. The van der Waals surface area contributed by atoms with Crippen LogP contribution in [0.3, 0.4) is 0 Å². The monoisotopic (exact) mass is 763 g/mol. The minimum Gasteiger partial charge on any atom is -0.444 e. The van der Waals surface area contributed by atoms with E-state index in [9.17, 15) is 32.0 Å². The molecule has 4 amide bonds. The summed E-state index contributed by atoms with van der Waals surface area (Å²) in [5.74, 6) is -2.55. The highest BCUT2D eigenvalue weighted by atomic mass is 32.2. The maximum Gasteiger partial charge on any atom is 0.410 e. The van der Waals surface area contributed by atoms with Crippen LogP contribution in [0, 0.1) is 17.2 Å². The van der Waals surface area contributed by atoms with Crippen molar-refractivity contribution in [2.45, 2.75) is 102 Å². The number of rotatable bonds is 11. The molecule has 7 rings (SSSR count). The summed E-state index contributed by atoms with van der Waals surface area (Å²) in [6, 6.07) is 11.6. The number of anilines is 1. The molecule has 2 aliphatic heterocycles. The standard InChI is InChI=1S/C38H46FN7O7S/c1-5-25-19-38(25,35(49)43-54(51,52)30-13-14-30)42-33(47)31-18-29(53-36(50)44-20-23-7-8-26(39)17-24(23)21-44)22-45(31)34(48)32(37(2,3)4)41-27-9-11-28(12-10-27)46-16-6-15-40-46/h6-12,15-17,25,29-32,41H,5,13-14,18-22H2,1-4H3,(H,42,47)(H,43,49)/t25-,29-,31+,32-,38-/m1/s1. The second-order valence-corrected chi connectivity index (χ2v) is 17.9. The van der Waals surface area contributed by atoms with E-state index in [4.69, 9.17) is 4.74 Å². The lowest BCUT2D eigenvalue weighted by atomic mass is 9.85. The first kappa shape index (κ1) is 37.3. The van der Waals surface area contributed by atoms with Crippen LogP contribution in [-0.4, -0.2) is 87.3 Å². The first-order valence-corrected chi connectivity index (χ1v) is 19.9. The van der Waals surface area contributed by atoms with Crippen LogP contribution in [0.1, 0.15) is 70.9 Å². The Morgan fingerprint density at radius 3 is 2.41 bits per heavy atom. The van der Waals surface area contributed by atoms with Gasteiger partial charge in [0, 0.05) is 37.6 Å². The molecule has 54 heavy (non-hydrogen) atoms. The molecule has 3 heterocycles. The number of halogens is 1. The second-order valence-electron chi connectivity index (χ2n) is 15.9. The van der Waals surface area contributed by atoms with Gasteiger partial charge in [0.2, 0.25) is 21.8 Å². The van der Waals surface area contributed by atoms with E-state index in [2.05, 4.69) is 20.5 Å². The Kier molecular flexibility index (Phi) is 9.69. The van der Waals surface area contributed by atoms with Gasteiger partial charge < -0.3 is 20.3 Å². The second kappa shape index (κ2) is 14.0. The molecule has 3 fully saturated rings. The number of sulfonamides is 1. The predicted octanol–water partition coefficient (Wildman–Crippen LogP) is 3.85. The lowest BCUT2D eigenvalue weighted by molar-refractivity contribution is -0.141. The molecule has 1 saturated heterocycles. The van der Waals surface area contributed by atoms with Crippen LogP contribution >= 0.6 is 0 Å². The van der Waals surface area contributed by atoms with Crippen LogP contribution in [0.25, 0.3) is 5.69 Å². The molecule has 288 valence electrons. The van der Waals surface area contributed by atoms with Gasteiger partial charge in [-0.05, 0) is 84.2 Å². The number of ether oxygens (including phenoxy) is 1. The fourth-order valence-corrected chi connectivity index (χ4v) is 8.86. The first-order valence-electron chi connectivity index (χ1n) is 18.4. The maximum atomic E-state index is 14.7. The highest BCUT2D eigenvalue weighted by Gasteiger charge is 2.62. The van der Waals surface area contributed by atoms with Gasteiger partial charge in [0.1, 0.15) is 29.5 Å². The number of carbonyl (C=O) groups excluding carboxylic acids is 4. The molecule has 2 aromatic carbocycles. The van der Waals surface area contributed by atoms with Crippen LogP contribution in [0.2, 0.25) is 0 Å². The molecular weight excluding hydrogens is 718 g/mol. The summed E-state index contributed by atoms with van der Waals surface area (Å²) < 4.78 is 49.1. The zero-order valence-electron chi connectivity index (χ0n) is 30.7. The van der Waals surface area contributed by atoms with Gasteiger partial charge in [0.25, 0.3) is 5.91 Å². The molecule has 0 bridgehead atoms. The molecule has 3 aromatic rings. The average Bonchev–Trinajstić information content (AvgIpc) is 3.91. The van der Waals surface area contributed by atoms with E-state index in [0.717, 1.165) is 11.3 Å². The molecule has 0 radical (unpaired) electrons. The Balaban J connectivity index is 1.12. The summed E-state index contributed by atoms with van der Waals surface area (Å²) in [6.45, 7) is 7.82. The van der Waals surface area contributed by atoms with Crippen molar-refractivity contribution in [2.75, 3.05) is 11.9 Å². The molecule has 16 heteroatoms. The Labute approximate surface area is 313 Å². The van der Waals surface area contributed by atoms with Crippen LogP contribution in [0.5, 0.6) is 0 Å². The number of likely N-dealkylation sites (tertiary alicyclic amines) is 1. The molecule has 4 aliphatic rings. The quantitative estimate of drug-likeness (QED) is 0.263. The number of nitrogens with one attached hydrogen (secondary N) is 3. The van der Waals surface area contributed by atoms with Gasteiger partial charge in [-0.25, -0.2) is 22.3 Å².